The summed E-state index contributed by atoms with van der Waals surface area (Å²) in [6.07, 6.45) is 5.86. The van der Waals surface area contributed by atoms with Gasteiger partial charge in [-0.1, -0.05) is 57.2 Å². The number of benzene rings is 3. The lowest BCUT2D eigenvalue weighted by atomic mass is 9.85. The van der Waals surface area contributed by atoms with E-state index in [1.165, 1.54) is 17.0 Å². The molecule has 0 spiro atoms. The normalized spacial score (nSPS) is 18.5. The molecule has 20 heteroatoms. The van der Waals surface area contributed by atoms with Crippen LogP contribution in [0.3, 0.4) is 0 Å². The third-order valence-corrected chi connectivity index (χ3v) is 14.8. The standard InChI is InChI=1S/C53H61F2N11O6S/c1-32-49(73-31-59-32)34-10-8-33(9-11-34)23-58-51(70)45-22-38(67)28-65(45)52(71)50(53(2,3)4)62-46(68)26-57-47(69)30-63-14-12-37(13-15-63)66-27-36(24-60-66)44-25-56-43-7-5-6-39(48(43)61-44)35-20-41(54)40(42(55)21-35)29-64-16-18-72-19-17-64/h5-11,20-21,24-25,27,31,37-38,45,50,67H,12-19,22-23,26,28-30H2,1-4H3,(H,57,69)(H,58,70)(H,62,68)/t38-,45+,50-/m1/s1. The maximum atomic E-state index is 15.5. The van der Waals surface area contributed by atoms with Crippen molar-refractivity contribution in [3.05, 3.63) is 107 Å². The number of aliphatic hydroxyl groups is 1. The largest absolute Gasteiger partial charge is 0.391 e. The van der Waals surface area contributed by atoms with Crippen LogP contribution in [0.1, 0.15) is 62.9 Å². The molecular weight excluding hydrogens is 957 g/mol. The zero-order chi connectivity index (χ0) is 51.4. The first-order chi connectivity index (χ1) is 35.1. The van der Waals surface area contributed by atoms with Gasteiger partial charge in [-0.15, -0.1) is 11.3 Å². The number of para-hydroxylation sites is 1. The van der Waals surface area contributed by atoms with E-state index in [9.17, 15) is 24.3 Å². The van der Waals surface area contributed by atoms with E-state index in [0.717, 1.165) is 27.3 Å². The zero-order valence-electron chi connectivity index (χ0n) is 41.4. The molecule has 3 aromatic carbocycles. The average molecular weight is 1020 g/mol. The van der Waals surface area contributed by atoms with Gasteiger partial charge in [0, 0.05) is 75.1 Å². The number of nitrogens with one attached hydrogen (secondary N) is 3. The molecule has 4 N–H and O–H groups in total. The summed E-state index contributed by atoms with van der Waals surface area (Å²) >= 11 is 1.56. The first kappa shape index (κ1) is 51.3. The fourth-order valence-corrected chi connectivity index (χ4v) is 10.6. The van der Waals surface area contributed by atoms with Gasteiger partial charge < -0.3 is 30.7 Å². The Balaban J connectivity index is 0.749. The Hall–Kier alpha value is -6.58. The number of β-amino-alcohol motifs (C(OH)–C–C–N with tert-alkyl or cyclic N) is 1. The summed E-state index contributed by atoms with van der Waals surface area (Å²) in [6, 6.07) is 14.0. The van der Waals surface area contributed by atoms with Crippen molar-refractivity contribution < 1.29 is 37.8 Å². The predicted octanol–water partition coefficient (Wildman–Crippen LogP) is 5.26. The van der Waals surface area contributed by atoms with Gasteiger partial charge >= 0.3 is 0 Å². The lowest BCUT2D eigenvalue weighted by molar-refractivity contribution is -0.144. The van der Waals surface area contributed by atoms with Crippen molar-refractivity contribution in [2.24, 2.45) is 5.41 Å². The summed E-state index contributed by atoms with van der Waals surface area (Å²) in [5.41, 5.74) is 7.23. The number of rotatable bonds is 15. The van der Waals surface area contributed by atoms with Crippen molar-refractivity contribution in [2.45, 2.75) is 84.3 Å². The van der Waals surface area contributed by atoms with Gasteiger partial charge in [-0.3, -0.25) is 38.6 Å². The molecule has 17 nitrogen and oxygen atoms in total. The summed E-state index contributed by atoms with van der Waals surface area (Å²) in [5, 5.41) is 23.7. The Morgan fingerprint density at radius 2 is 1.63 bits per heavy atom. The molecule has 3 saturated heterocycles. The van der Waals surface area contributed by atoms with Gasteiger partial charge in [-0.2, -0.15) is 5.10 Å². The third kappa shape index (κ3) is 12.1. The third-order valence-electron chi connectivity index (χ3n) is 13.9. The Kier molecular flexibility index (Phi) is 15.7. The molecule has 3 aliphatic heterocycles. The van der Waals surface area contributed by atoms with Crippen LogP contribution in [0.2, 0.25) is 0 Å². The van der Waals surface area contributed by atoms with Crippen LogP contribution in [0.15, 0.2) is 78.7 Å². The number of halogens is 2. The number of carbonyl (C=O) groups excluding carboxylic acids is 4. The zero-order valence-corrected chi connectivity index (χ0v) is 42.3. The van der Waals surface area contributed by atoms with E-state index in [-0.39, 0.29) is 56.7 Å². The molecule has 9 rings (SSSR count). The van der Waals surface area contributed by atoms with Gasteiger partial charge in [-0.25, -0.2) is 18.7 Å². The maximum Gasteiger partial charge on any atom is 0.246 e. The van der Waals surface area contributed by atoms with Crippen LogP contribution in [0.5, 0.6) is 0 Å². The van der Waals surface area contributed by atoms with E-state index in [1.807, 2.05) is 57.9 Å². The molecule has 0 radical (unpaired) electrons. The van der Waals surface area contributed by atoms with Crippen molar-refractivity contribution in [3.8, 4) is 32.8 Å². The van der Waals surface area contributed by atoms with Crippen molar-refractivity contribution >= 4 is 46.0 Å². The van der Waals surface area contributed by atoms with Crippen molar-refractivity contribution in [2.75, 3.05) is 59.0 Å². The number of ether oxygens (including phenoxy) is 1. The first-order valence-electron chi connectivity index (χ1n) is 24.7. The number of fused-ring (bicyclic) bond motifs is 1. The molecule has 384 valence electrons. The second kappa shape index (κ2) is 22.3. The first-order valence-corrected chi connectivity index (χ1v) is 25.6. The summed E-state index contributed by atoms with van der Waals surface area (Å²) in [7, 11) is 0. The highest BCUT2D eigenvalue weighted by atomic mass is 32.1. The number of aromatic nitrogens is 5. The molecule has 6 aromatic rings. The van der Waals surface area contributed by atoms with E-state index in [4.69, 9.17) is 9.72 Å². The van der Waals surface area contributed by atoms with Crippen LogP contribution in [0.4, 0.5) is 8.78 Å². The molecule has 3 atom stereocenters. The lowest BCUT2D eigenvalue weighted by Crippen LogP contribution is -2.58. The summed E-state index contributed by atoms with van der Waals surface area (Å²) < 4.78 is 38.2. The number of piperidine rings is 1. The fraction of sp³-hybridized carbons (Fsp3) is 0.434. The molecule has 0 saturated carbocycles. The van der Waals surface area contributed by atoms with Gasteiger partial charge in [0.2, 0.25) is 23.6 Å². The maximum absolute atomic E-state index is 15.5. The van der Waals surface area contributed by atoms with Crippen LogP contribution in [-0.2, 0) is 37.0 Å². The molecule has 3 aliphatic rings. The lowest BCUT2D eigenvalue weighted by Gasteiger charge is -2.35. The number of carbonyl (C=O) groups is 4. The molecule has 0 aliphatic carbocycles. The summed E-state index contributed by atoms with van der Waals surface area (Å²) in [5.74, 6) is -3.03. The second-order valence-electron chi connectivity index (χ2n) is 20.2. The van der Waals surface area contributed by atoms with E-state index >= 15 is 8.78 Å². The van der Waals surface area contributed by atoms with Gasteiger partial charge in [-0.05, 0) is 60.1 Å². The topological polar surface area (TPSA) is 200 Å². The number of amides is 4. The number of nitrogens with zero attached hydrogens (tertiary/aromatic N) is 8. The summed E-state index contributed by atoms with van der Waals surface area (Å²) in [4.78, 5) is 74.3. The van der Waals surface area contributed by atoms with E-state index in [2.05, 4.69) is 31.0 Å². The highest BCUT2D eigenvalue weighted by molar-refractivity contribution is 7.13. The highest BCUT2D eigenvalue weighted by Gasteiger charge is 2.44. The predicted molar refractivity (Wildman–Crippen MR) is 272 cm³/mol. The van der Waals surface area contributed by atoms with E-state index < -0.39 is 53.0 Å². The molecule has 73 heavy (non-hydrogen) atoms. The van der Waals surface area contributed by atoms with Gasteiger partial charge in [0.1, 0.15) is 23.7 Å². The number of morpholine rings is 1. The van der Waals surface area contributed by atoms with Crippen LogP contribution in [0, 0.1) is 24.0 Å². The Labute approximate surface area is 426 Å². The molecule has 4 amide bonds. The van der Waals surface area contributed by atoms with Gasteiger partial charge in [0.05, 0.1) is 83.7 Å². The molecule has 3 fully saturated rings. The van der Waals surface area contributed by atoms with Crippen LogP contribution >= 0.6 is 11.3 Å². The number of hydrogen-bond acceptors (Lipinski definition) is 13. The van der Waals surface area contributed by atoms with Crippen molar-refractivity contribution in [1.82, 2.24) is 55.4 Å². The van der Waals surface area contributed by atoms with Crippen LogP contribution < -0.4 is 16.0 Å². The minimum absolute atomic E-state index is 0.0258. The molecule has 3 aromatic heterocycles. The quantitative estimate of drug-likeness (QED) is 0.104. The average Bonchev–Trinajstić information content (AvgIpc) is 4.15. The fourth-order valence-electron chi connectivity index (χ4n) is 9.74. The molecule has 0 unspecified atom stereocenters. The molecule has 0 bridgehead atoms. The van der Waals surface area contributed by atoms with E-state index in [0.29, 0.717) is 80.1 Å². The van der Waals surface area contributed by atoms with Crippen LogP contribution in [-0.4, -0.2) is 145 Å². The second-order valence-corrected chi connectivity index (χ2v) is 21.0. The SMILES string of the molecule is Cc1ncsc1-c1ccc(CNC(=O)[C@@H]2C[C@@H](O)CN2C(=O)[C@@H](NC(=O)CNC(=O)CN2CCC(n3cc(-c4cnc5cccc(-c6cc(F)c(CN7CCOCC7)c(F)c6)c5n4)cn3)CC2)C(C)(C)C)cc1. The monoisotopic (exact) mass is 1020 g/mol. The molecule has 6 heterocycles. The highest BCUT2D eigenvalue weighted by Crippen LogP contribution is 2.33. The number of thiazole rings is 1. The summed E-state index contributed by atoms with van der Waals surface area (Å²) in [6.45, 7) is 10.9. The minimum atomic E-state index is -1.04. The Morgan fingerprint density at radius 1 is 0.890 bits per heavy atom. The number of hydrogen-bond donors (Lipinski definition) is 4. The number of likely N-dealkylation sites (tertiary alicyclic amines) is 2. The Morgan fingerprint density at radius 3 is 2.33 bits per heavy atom. The number of aliphatic hydroxyl groups excluding tert-OH is 1. The smallest absolute Gasteiger partial charge is 0.246 e. The molecular formula is C53H61F2N11O6S. The van der Waals surface area contributed by atoms with Gasteiger partial charge in [0.25, 0.3) is 0 Å². The van der Waals surface area contributed by atoms with Crippen molar-refractivity contribution in [3.63, 3.8) is 0 Å². The minimum Gasteiger partial charge on any atom is -0.391 e. The Bertz CT molecular complexity index is 2940. The van der Waals surface area contributed by atoms with Crippen molar-refractivity contribution in [1.29, 1.82) is 0 Å². The van der Waals surface area contributed by atoms with E-state index in [1.54, 1.807) is 62.1 Å². The van der Waals surface area contributed by atoms with Gasteiger partial charge in [0.15, 0.2) is 0 Å². The van der Waals surface area contributed by atoms with Crippen LogP contribution in [0.25, 0.3) is 43.9 Å². The number of aryl methyl sites for hydroxylation is 1.